The van der Waals surface area contributed by atoms with Crippen molar-refractivity contribution in [1.29, 1.82) is 0 Å². The summed E-state index contributed by atoms with van der Waals surface area (Å²) in [4.78, 5) is 16.3. The number of aromatic nitrogens is 3. The van der Waals surface area contributed by atoms with Crippen LogP contribution in [0.25, 0.3) is 22.6 Å². The molecule has 2 heterocycles. The summed E-state index contributed by atoms with van der Waals surface area (Å²) in [5.74, 6) is 1.07. The Hall–Kier alpha value is -3.35. The van der Waals surface area contributed by atoms with Crippen molar-refractivity contribution in [3.8, 4) is 17.2 Å². The lowest BCUT2D eigenvalue weighted by atomic mass is 10.2. The van der Waals surface area contributed by atoms with E-state index in [9.17, 15) is 4.79 Å². The fourth-order valence-corrected chi connectivity index (χ4v) is 2.47. The van der Waals surface area contributed by atoms with Gasteiger partial charge in [-0.15, -0.1) is 0 Å². The first-order valence-corrected chi connectivity index (χ1v) is 7.30. The molecular weight excluding hydrogens is 310 g/mol. The molecule has 0 atom stereocenters. The third-order valence-corrected chi connectivity index (χ3v) is 3.68. The maximum Gasteiger partial charge on any atom is 0.420 e. The van der Waals surface area contributed by atoms with Crippen molar-refractivity contribution in [2.24, 2.45) is 0 Å². The quantitative estimate of drug-likeness (QED) is 0.574. The van der Waals surface area contributed by atoms with Gasteiger partial charge >= 0.3 is 5.76 Å². The highest BCUT2D eigenvalue weighted by atomic mass is 16.5. The first kappa shape index (κ1) is 14.3. The van der Waals surface area contributed by atoms with E-state index in [0.717, 1.165) is 11.3 Å². The minimum Gasteiger partial charge on any atom is -0.497 e. The normalized spacial score (nSPS) is 11.0. The number of rotatable bonds is 4. The van der Waals surface area contributed by atoms with Gasteiger partial charge in [-0.25, -0.2) is 4.79 Å². The van der Waals surface area contributed by atoms with Crippen LogP contribution in [0.2, 0.25) is 0 Å². The van der Waals surface area contributed by atoms with Gasteiger partial charge in [0.2, 0.25) is 0 Å². The molecule has 120 valence electrons. The van der Waals surface area contributed by atoms with Crippen LogP contribution in [-0.4, -0.2) is 21.8 Å². The first-order valence-electron chi connectivity index (χ1n) is 7.30. The molecule has 0 unspecified atom stereocenters. The Balaban J connectivity index is 1.65. The predicted molar refractivity (Wildman–Crippen MR) is 85.9 cm³/mol. The molecule has 0 saturated carbocycles. The molecule has 0 aliphatic heterocycles. The lowest BCUT2D eigenvalue weighted by molar-refractivity contribution is 0.413. The van der Waals surface area contributed by atoms with Crippen molar-refractivity contribution in [2.45, 2.75) is 6.54 Å². The molecule has 0 aliphatic rings. The number of hydrogen-bond acceptors (Lipinski definition) is 6. The number of nitrogens with zero attached hydrogens (tertiary/aromatic N) is 3. The molecule has 0 saturated heterocycles. The summed E-state index contributed by atoms with van der Waals surface area (Å²) in [7, 11) is 1.60. The molecule has 0 N–H and O–H groups in total. The average Bonchev–Trinajstić information content (AvgIpc) is 3.21. The van der Waals surface area contributed by atoms with E-state index in [1.807, 2.05) is 42.5 Å². The number of oxazole rings is 1. The fourth-order valence-electron chi connectivity index (χ4n) is 2.47. The van der Waals surface area contributed by atoms with Gasteiger partial charge in [0.15, 0.2) is 11.4 Å². The van der Waals surface area contributed by atoms with E-state index in [-0.39, 0.29) is 6.54 Å². The zero-order valence-corrected chi connectivity index (χ0v) is 12.8. The zero-order valence-electron chi connectivity index (χ0n) is 12.8. The van der Waals surface area contributed by atoms with Gasteiger partial charge < -0.3 is 13.7 Å². The number of ether oxygens (including phenoxy) is 1. The van der Waals surface area contributed by atoms with Crippen molar-refractivity contribution in [1.82, 2.24) is 14.7 Å². The average molecular weight is 323 g/mol. The van der Waals surface area contributed by atoms with E-state index < -0.39 is 5.76 Å². The zero-order chi connectivity index (χ0) is 16.5. The molecular formula is C17H13N3O4. The minimum atomic E-state index is -0.452. The highest BCUT2D eigenvalue weighted by Gasteiger charge is 2.14. The van der Waals surface area contributed by atoms with E-state index in [1.54, 1.807) is 13.2 Å². The summed E-state index contributed by atoms with van der Waals surface area (Å²) in [6.45, 7) is 0.176. The van der Waals surface area contributed by atoms with Crippen LogP contribution in [0.15, 0.2) is 62.3 Å². The van der Waals surface area contributed by atoms with E-state index in [1.165, 1.54) is 4.57 Å². The van der Waals surface area contributed by atoms with Crippen LogP contribution in [0.1, 0.15) is 5.82 Å². The van der Waals surface area contributed by atoms with Crippen LogP contribution in [-0.2, 0) is 6.54 Å². The summed E-state index contributed by atoms with van der Waals surface area (Å²) in [5, 5.41) is 3.94. The van der Waals surface area contributed by atoms with Gasteiger partial charge in [-0.1, -0.05) is 17.3 Å². The third-order valence-electron chi connectivity index (χ3n) is 3.68. The molecule has 7 heteroatoms. The lowest BCUT2D eigenvalue weighted by Crippen LogP contribution is -2.15. The second-order valence-corrected chi connectivity index (χ2v) is 5.17. The lowest BCUT2D eigenvalue weighted by Gasteiger charge is -1.99. The summed E-state index contributed by atoms with van der Waals surface area (Å²) < 4.78 is 17.1. The molecule has 0 radical (unpaired) electrons. The van der Waals surface area contributed by atoms with Gasteiger partial charge in [-0.05, 0) is 36.4 Å². The van der Waals surface area contributed by atoms with Crippen LogP contribution in [0.4, 0.5) is 0 Å². The Morgan fingerprint density at radius 1 is 1.12 bits per heavy atom. The van der Waals surface area contributed by atoms with E-state index >= 15 is 0 Å². The summed E-state index contributed by atoms with van der Waals surface area (Å²) in [6.07, 6.45) is 0. The maximum atomic E-state index is 12.0. The smallest absolute Gasteiger partial charge is 0.420 e. The Morgan fingerprint density at radius 2 is 1.92 bits per heavy atom. The molecule has 4 aromatic rings. The van der Waals surface area contributed by atoms with Gasteiger partial charge in [0.05, 0.1) is 19.2 Å². The Bertz CT molecular complexity index is 1040. The second kappa shape index (κ2) is 5.69. The first-order chi connectivity index (χ1) is 11.7. The van der Waals surface area contributed by atoms with E-state index in [2.05, 4.69) is 10.1 Å². The summed E-state index contributed by atoms with van der Waals surface area (Å²) >= 11 is 0. The molecule has 4 rings (SSSR count). The van der Waals surface area contributed by atoms with Crippen molar-refractivity contribution < 1.29 is 13.7 Å². The molecule has 0 spiro atoms. The topological polar surface area (TPSA) is 83.3 Å². The van der Waals surface area contributed by atoms with Gasteiger partial charge in [0.1, 0.15) is 5.75 Å². The van der Waals surface area contributed by atoms with Crippen LogP contribution < -0.4 is 10.5 Å². The molecule has 2 aromatic carbocycles. The van der Waals surface area contributed by atoms with E-state index in [4.69, 9.17) is 13.7 Å². The highest BCUT2D eigenvalue weighted by Crippen LogP contribution is 2.21. The van der Waals surface area contributed by atoms with Crippen molar-refractivity contribution in [3.05, 3.63) is 64.9 Å². The number of methoxy groups -OCH3 is 1. The molecule has 0 bridgehead atoms. The monoisotopic (exact) mass is 323 g/mol. The van der Waals surface area contributed by atoms with Crippen LogP contribution in [0.3, 0.4) is 0 Å². The molecule has 24 heavy (non-hydrogen) atoms. The molecule has 2 aromatic heterocycles. The van der Waals surface area contributed by atoms with Crippen molar-refractivity contribution in [3.63, 3.8) is 0 Å². The minimum absolute atomic E-state index is 0.176. The number of para-hydroxylation sites is 2. The summed E-state index contributed by atoms with van der Waals surface area (Å²) in [5.41, 5.74) is 2.00. The van der Waals surface area contributed by atoms with Crippen LogP contribution in [0.5, 0.6) is 5.75 Å². The van der Waals surface area contributed by atoms with Crippen LogP contribution >= 0.6 is 0 Å². The Labute approximate surface area is 136 Å². The molecule has 0 fully saturated rings. The van der Waals surface area contributed by atoms with Crippen LogP contribution in [0, 0.1) is 0 Å². The standard InChI is InChI=1S/C17H13N3O4/c1-22-12-8-6-11(7-9-12)16-18-15(19-24-16)10-20-13-4-2-3-5-14(13)23-17(20)21/h2-9H,10H2,1H3. The molecule has 7 nitrogen and oxygen atoms in total. The summed E-state index contributed by atoms with van der Waals surface area (Å²) in [6, 6.07) is 14.5. The van der Waals surface area contributed by atoms with Gasteiger partial charge in [0.25, 0.3) is 5.89 Å². The van der Waals surface area contributed by atoms with Gasteiger partial charge in [0, 0.05) is 5.56 Å². The molecule has 0 aliphatic carbocycles. The van der Waals surface area contributed by atoms with Crippen molar-refractivity contribution in [2.75, 3.05) is 7.11 Å². The SMILES string of the molecule is COc1ccc(-c2nc(Cn3c(=O)oc4ccccc43)no2)cc1. The fraction of sp³-hybridized carbons (Fsp3) is 0.118. The third kappa shape index (κ3) is 2.45. The number of hydrogen-bond donors (Lipinski definition) is 0. The largest absolute Gasteiger partial charge is 0.497 e. The maximum absolute atomic E-state index is 12.0. The Morgan fingerprint density at radius 3 is 2.71 bits per heavy atom. The Kier molecular flexibility index (Phi) is 3.38. The highest BCUT2D eigenvalue weighted by molar-refractivity contribution is 5.72. The number of benzene rings is 2. The van der Waals surface area contributed by atoms with Crippen molar-refractivity contribution >= 4 is 11.1 Å². The van der Waals surface area contributed by atoms with Gasteiger partial charge in [-0.3, -0.25) is 4.57 Å². The molecule has 0 amide bonds. The van der Waals surface area contributed by atoms with Gasteiger partial charge in [-0.2, -0.15) is 4.98 Å². The number of fused-ring (bicyclic) bond motifs is 1. The predicted octanol–water partition coefficient (Wildman–Crippen LogP) is 2.70. The van der Waals surface area contributed by atoms with E-state index in [0.29, 0.717) is 22.8 Å². The second-order valence-electron chi connectivity index (χ2n) is 5.17.